The molecule has 0 saturated carbocycles. The Labute approximate surface area is 114 Å². The molecule has 0 spiro atoms. The van der Waals surface area contributed by atoms with Gasteiger partial charge in [-0.3, -0.25) is 0 Å². The molecule has 100 valence electrons. The summed E-state index contributed by atoms with van der Waals surface area (Å²) in [6.45, 7) is 7.18. The van der Waals surface area contributed by atoms with Gasteiger partial charge >= 0.3 is 0 Å². The maximum Gasteiger partial charge on any atom is 0.123 e. The third-order valence-corrected chi connectivity index (χ3v) is 3.41. The highest BCUT2D eigenvalue weighted by Crippen LogP contribution is 2.26. The standard InChI is InChI=1S/C17H20FN/c1-4-19-13(3)14-6-5-7-15(10-14)17-11-16(18)9-8-12(17)2/h5-11,13,19H,4H2,1-3H3. The number of hydrogen-bond donors (Lipinski definition) is 1. The SMILES string of the molecule is CCNC(C)c1cccc(-c2cc(F)ccc2C)c1. The lowest BCUT2D eigenvalue weighted by Crippen LogP contribution is -2.17. The van der Waals surface area contributed by atoms with E-state index in [0.717, 1.165) is 23.2 Å². The van der Waals surface area contributed by atoms with Crippen LogP contribution >= 0.6 is 0 Å². The molecule has 2 aromatic rings. The van der Waals surface area contributed by atoms with Crippen molar-refractivity contribution in [1.82, 2.24) is 5.32 Å². The third kappa shape index (κ3) is 3.21. The van der Waals surface area contributed by atoms with Crippen LogP contribution in [0.4, 0.5) is 4.39 Å². The van der Waals surface area contributed by atoms with Crippen LogP contribution in [0.15, 0.2) is 42.5 Å². The average molecular weight is 257 g/mol. The van der Waals surface area contributed by atoms with Gasteiger partial charge in [-0.15, -0.1) is 0 Å². The molecule has 0 aromatic heterocycles. The molecule has 0 aliphatic carbocycles. The first-order valence-electron chi connectivity index (χ1n) is 6.71. The predicted octanol–water partition coefficient (Wildman–Crippen LogP) is 4.47. The lowest BCUT2D eigenvalue weighted by molar-refractivity contribution is 0.598. The molecular weight excluding hydrogens is 237 g/mol. The Morgan fingerprint density at radius 2 is 1.95 bits per heavy atom. The van der Waals surface area contributed by atoms with Gasteiger partial charge in [0.25, 0.3) is 0 Å². The maximum absolute atomic E-state index is 13.4. The molecule has 0 radical (unpaired) electrons. The summed E-state index contributed by atoms with van der Waals surface area (Å²) in [6, 6.07) is 13.5. The first-order valence-corrected chi connectivity index (χ1v) is 6.71. The van der Waals surface area contributed by atoms with E-state index in [-0.39, 0.29) is 5.82 Å². The number of nitrogens with one attached hydrogen (secondary N) is 1. The summed E-state index contributed by atoms with van der Waals surface area (Å²) < 4.78 is 13.4. The first-order chi connectivity index (χ1) is 9.11. The summed E-state index contributed by atoms with van der Waals surface area (Å²) in [5, 5.41) is 3.39. The molecule has 2 aromatic carbocycles. The maximum atomic E-state index is 13.4. The zero-order valence-corrected chi connectivity index (χ0v) is 11.7. The summed E-state index contributed by atoms with van der Waals surface area (Å²) in [4.78, 5) is 0. The van der Waals surface area contributed by atoms with Crippen molar-refractivity contribution in [3.63, 3.8) is 0 Å². The van der Waals surface area contributed by atoms with Crippen molar-refractivity contribution in [2.24, 2.45) is 0 Å². The fourth-order valence-corrected chi connectivity index (χ4v) is 2.30. The number of aryl methyl sites for hydroxylation is 1. The van der Waals surface area contributed by atoms with Crippen LogP contribution in [0.2, 0.25) is 0 Å². The van der Waals surface area contributed by atoms with Crippen molar-refractivity contribution in [2.75, 3.05) is 6.54 Å². The molecule has 1 unspecified atom stereocenters. The van der Waals surface area contributed by atoms with Gasteiger partial charge in [-0.1, -0.05) is 31.2 Å². The number of benzene rings is 2. The molecule has 0 heterocycles. The highest BCUT2D eigenvalue weighted by molar-refractivity contribution is 5.67. The summed E-state index contributed by atoms with van der Waals surface area (Å²) in [5.74, 6) is -0.189. The highest BCUT2D eigenvalue weighted by atomic mass is 19.1. The van der Waals surface area contributed by atoms with Gasteiger partial charge in [0.05, 0.1) is 0 Å². The van der Waals surface area contributed by atoms with Crippen molar-refractivity contribution in [1.29, 1.82) is 0 Å². The fraction of sp³-hybridized carbons (Fsp3) is 0.294. The van der Waals surface area contributed by atoms with Gasteiger partial charge in [0.2, 0.25) is 0 Å². The molecule has 19 heavy (non-hydrogen) atoms. The Kier molecular flexibility index (Phi) is 4.33. The molecule has 1 nitrogen and oxygen atoms in total. The lowest BCUT2D eigenvalue weighted by Gasteiger charge is -2.14. The Balaban J connectivity index is 2.40. The second-order valence-electron chi connectivity index (χ2n) is 4.86. The molecule has 1 N–H and O–H groups in total. The molecule has 0 amide bonds. The minimum Gasteiger partial charge on any atom is -0.310 e. The van der Waals surface area contributed by atoms with Crippen LogP contribution < -0.4 is 5.32 Å². The topological polar surface area (TPSA) is 12.0 Å². The quantitative estimate of drug-likeness (QED) is 0.852. The van der Waals surface area contributed by atoms with Crippen molar-refractivity contribution < 1.29 is 4.39 Å². The van der Waals surface area contributed by atoms with Crippen LogP contribution in [0.1, 0.15) is 31.0 Å². The van der Waals surface area contributed by atoms with E-state index in [9.17, 15) is 4.39 Å². The molecule has 0 aliphatic heterocycles. The van der Waals surface area contributed by atoms with Crippen molar-refractivity contribution in [3.8, 4) is 11.1 Å². The molecule has 1 atom stereocenters. The molecule has 0 fully saturated rings. The summed E-state index contributed by atoms with van der Waals surface area (Å²) in [7, 11) is 0. The highest BCUT2D eigenvalue weighted by Gasteiger charge is 2.07. The van der Waals surface area contributed by atoms with Gasteiger partial charge in [-0.2, -0.15) is 0 Å². The second kappa shape index (κ2) is 5.98. The average Bonchev–Trinajstić information content (AvgIpc) is 2.42. The first kappa shape index (κ1) is 13.8. The van der Waals surface area contributed by atoms with Crippen LogP contribution in [-0.4, -0.2) is 6.54 Å². The van der Waals surface area contributed by atoms with Crippen molar-refractivity contribution >= 4 is 0 Å². The van der Waals surface area contributed by atoms with Crippen LogP contribution in [0.5, 0.6) is 0 Å². The molecule has 0 saturated heterocycles. The van der Waals surface area contributed by atoms with E-state index in [1.807, 2.05) is 25.1 Å². The van der Waals surface area contributed by atoms with E-state index in [1.54, 1.807) is 6.07 Å². The van der Waals surface area contributed by atoms with Gasteiger partial charge in [0.1, 0.15) is 5.82 Å². The Hall–Kier alpha value is -1.67. The van der Waals surface area contributed by atoms with Gasteiger partial charge in [-0.25, -0.2) is 4.39 Å². The third-order valence-electron chi connectivity index (χ3n) is 3.41. The predicted molar refractivity (Wildman–Crippen MR) is 78.7 cm³/mol. The van der Waals surface area contributed by atoms with E-state index in [4.69, 9.17) is 0 Å². The lowest BCUT2D eigenvalue weighted by atomic mass is 9.97. The number of halogens is 1. The van der Waals surface area contributed by atoms with Crippen molar-refractivity contribution in [2.45, 2.75) is 26.8 Å². The molecule has 2 rings (SSSR count). The molecule has 0 aliphatic rings. The monoisotopic (exact) mass is 257 g/mol. The van der Waals surface area contributed by atoms with Crippen LogP contribution in [0, 0.1) is 12.7 Å². The normalized spacial score (nSPS) is 12.4. The smallest absolute Gasteiger partial charge is 0.123 e. The van der Waals surface area contributed by atoms with Crippen LogP contribution in [0.3, 0.4) is 0 Å². The number of hydrogen-bond acceptors (Lipinski definition) is 1. The van der Waals surface area contributed by atoms with Crippen molar-refractivity contribution in [3.05, 3.63) is 59.4 Å². The Morgan fingerprint density at radius 1 is 1.16 bits per heavy atom. The minimum absolute atomic E-state index is 0.189. The number of rotatable bonds is 4. The van der Waals surface area contributed by atoms with E-state index in [0.29, 0.717) is 6.04 Å². The Bertz CT molecular complexity index is 563. The largest absolute Gasteiger partial charge is 0.310 e. The summed E-state index contributed by atoms with van der Waals surface area (Å²) in [5.41, 5.74) is 4.35. The van der Waals surface area contributed by atoms with Crippen LogP contribution in [0.25, 0.3) is 11.1 Å². The second-order valence-corrected chi connectivity index (χ2v) is 4.86. The van der Waals surface area contributed by atoms with E-state index < -0.39 is 0 Å². The van der Waals surface area contributed by atoms with Gasteiger partial charge in [0, 0.05) is 6.04 Å². The zero-order valence-electron chi connectivity index (χ0n) is 11.7. The summed E-state index contributed by atoms with van der Waals surface area (Å²) in [6.07, 6.45) is 0. The fourth-order valence-electron chi connectivity index (χ4n) is 2.30. The van der Waals surface area contributed by atoms with E-state index >= 15 is 0 Å². The summed E-state index contributed by atoms with van der Waals surface area (Å²) >= 11 is 0. The zero-order chi connectivity index (χ0) is 13.8. The molecule has 2 heteroatoms. The van der Waals surface area contributed by atoms with Gasteiger partial charge in [0.15, 0.2) is 0 Å². The minimum atomic E-state index is -0.189. The Morgan fingerprint density at radius 3 is 2.68 bits per heavy atom. The molecular formula is C17H20FN. The van der Waals surface area contributed by atoms with Gasteiger partial charge in [-0.05, 0) is 60.8 Å². The van der Waals surface area contributed by atoms with E-state index in [2.05, 4.69) is 31.3 Å². The van der Waals surface area contributed by atoms with Crippen LogP contribution in [-0.2, 0) is 0 Å². The van der Waals surface area contributed by atoms with E-state index in [1.165, 1.54) is 11.6 Å². The molecule has 0 bridgehead atoms. The van der Waals surface area contributed by atoms with Gasteiger partial charge < -0.3 is 5.32 Å².